The number of halogens is 1. The number of anilines is 1. The van der Waals surface area contributed by atoms with Crippen molar-refractivity contribution in [1.82, 2.24) is 9.97 Å². The molecule has 0 aliphatic heterocycles. The predicted octanol–water partition coefficient (Wildman–Crippen LogP) is 2.17. The van der Waals surface area contributed by atoms with Gasteiger partial charge in [-0.05, 0) is 30.7 Å². The fourth-order valence-corrected chi connectivity index (χ4v) is 1.39. The number of nitrogens with two attached hydrogens (primary N) is 1. The Morgan fingerprint density at radius 3 is 2.47 bits per heavy atom. The average molecular weight is 203 g/mol. The average Bonchev–Trinajstić information content (AvgIpc) is 2.20. The first kappa shape index (κ1) is 9.58. The minimum atomic E-state index is -0.438. The molecule has 15 heavy (non-hydrogen) atoms. The van der Waals surface area contributed by atoms with Gasteiger partial charge >= 0.3 is 0 Å². The highest BCUT2D eigenvalue weighted by Gasteiger charge is 2.04. The smallest absolute Gasteiger partial charge is 0.159 e. The quantitative estimate of drug-likeness (QED) is 0.722. The van der Waals surface area contributed by atoms with E-state index < -0.39 is 5.82 Å². The van der Waals surface area contributed by atoms with Crippen molar-refractivity contribution in [2.75, 3.05) is 5.73 Å². The van der Waals surface area contributed by atoms with Crippen molar-refractivity contribution in [2.45, 2.75) is 6.92 Å². The molecular formula is C11H10FN3. The monoisotopic (exact) mass is 203 g/mol. The lowest BCUT2D eigenvalue weighted by Gasteiger charge is -2.04. The Balaban J connectivity index is 2.49. The summed E-state index contributed by atoms with van der Waals surface area (Å²) in [6.45, 7) is 1.92. The molecule has 0 aliphatic carbocycles. The van der Waals surface area contributed by atoms with Gasteiger partial charge in [-0.15, -0.1) is 0 Å². The molecule has 4 heteroatoms. The van der Waals surface area contributed by atoms with Crippen molar-refractivity contribution in [1.29, 1.82) is 0 Å². The second-order valence-corrected chi connectivity index (χ2v) is 3.30. The van der Waals surface area contributed by atoms with Gasteiger partial charge in [-0.3, -0.25) is 0 Å². The molecule has 1 heterocycles. The van der Waals surface area contributed by atoms with E-state index in [1.807, 2.05) is 19.1 Å². The highest BCUT2D eigenvalue weighted by Crippen LogP contribution is 2.21. The number of nitrogen functional groups attached to an aromatic ring is 1. The van der Waals surface area contributed by atoms with Crippen molar-refractivity contribution < 1.29 is 4.39 Å². The molecule has 0 amide bonds. The summed E-state index contributed by atoms with van der Waals surface area (Å²) in [6.07, 6.45) is 2.30. The third kappa shape index (κ3) is 1.93. The SMILES string of the molecule is Cc1cc(N)ccc1-c1ncc(F)cn1. The molecule has 2 aromatic rings. The van der Waals surface area contributed by atoms with Crippen molar-refractivity contribution in [2.24, 2.45) is 0 Å². The van der Waals surface area contributed by atoms with Gasteiger partial charge in [0.15, 0.2) is 11.6 Å². The van der Waals surface area contributed by atoms with E-state index in [-0.39, 0.29) is 0 Å². The molecule has 76 valence electrons. The van der Waals surface area contributed by atoms with Crippen LogP contribution in [0.15, 0.2) is 30.6 Å². The summed E-state index contributed by atoms with van der Waals surface area (Å²) in [5.74, 6) is 0.0701. The van der Waals surface area contributed by atoms with Crippen LogP contribution >= 0.6 is 0 Å². The number of benzene rings is 1. The van der Waals surface area contributed by atoms with Crippen LogP contribution in [0.5, 0.6) is 0 Å². The molecule has 0 saturated heterocycles. The van der Waals surface area contributed by atoms with Crippen LogP contribution in [-0.2, 0) is 0 Å². The van der Waals surface area contributed by atoms with E-state index in [0.29, 0.717) is 11.5 Å². The van der Waals surface area contributed by atoms with Crippen LogP contribution in [-0.4, -0.2) is 9.97 Å². The minimum Gasteiger partial charge on any atom is -0.399 e. The molecular weight excluding hydrogens is 193 g/mol. The van der Waals surface area contributed by atoms with Crippen molar-refractivity contribution in [3.8, 4) is 11.4 Å². The van der Waals surface area contributed by atoms with Crippen LogP contribution in [0.1, 0.15) is 5.56 Å². The van der Waals surface area contributed by atoms with Gasteiger partial charge in [-0.2, -0.15) is 0 Å². The van der Waals surface area contributed by atoms with Crippen molar-refractivity contribution in [3.63, 3.8) is 0 Å². The van der Waals surface area contributed by atoms with Gasteiger partial charge in [0.05, 0.1) is 12.4 Å². The lowest BCUT2D eigenvalue weighted by Crippen LogP contribution is -1.93. The van der Waals surface area contributed by atoms with Crippen LogP contribution in [0.4, 0.5) is 10.1 Å². The van der Waals surface area contributed by atoms with Crippen LogP contribution in [0, 0.1) is 12.7 Å². The van der Waals surface area contributed by atoms with Gasteiger partial charge in [0, 0.05) is 11.3 Å². The molecule has 0 bridgehead atoms. The highest BCUT2D eigenvalue weighted by molar-refractivity contribution is 5.63. The first-order chi connectivity index (χ1) is 7.16. The molecule has 0 unspecified atom stereocenters. The van der Waals surface area contributed by atoms with Gasteiger partial charge in [0.1, 0.15) is 0 Å². The number of aryl methyl sites for hydroxylation is 1. The zero-order chi connectivity index (χ0) is 10.8. The van der Waals surface area contributed by atoms with E-state index in [1.165, 1.54) is 0 Å². The Morgan fingerprint density at radius 1 is 1.20 bits per heavy atom. The Morgan fingerprint density at radius 2 is 1.87 bits per heavy atom. The molecule has 1 aromatic carbocycles. The molecule has 0 aliphatic rings. The Labute approximate surface area is 86.8 Å². The largest absolute Gasteiger partial charge is 0.399 e. The van der Waals surface area contributed by atoms with E-state index in [0.717, 1.165) is 23.5 Å². The Kier molecular flexibility index (Phi) is 2.33. The first-order valence-corrected chi connectivity index (χ1v) is 4.51. The Hall–Kier alpha value is -1.97. The van der Waals surface area contributed by atoms with E-state index in [2.05, 4.69) is 9.97 Å². The Bertz CT molecular complexity index is 480. The first-order valence-electron chi connectivity index (χ1n) is 4.51. The predicted molar refractivity (Wildman–Crippen MR) is 56.6 cm³/mol. The zero-order valence-corrected chi connectivity index (χ0v) is 8.24. The standard InChI is InChI=1S/C11H10FN3/c1-7-4-9(13)2-3-10(7)11-14-5-8(12)6-15-11/h2-6H,13H2,1H3. The molecule has 2 rings (SSSR count). The minimum absolute atomic E-state index is 0.438. The molecule has 0 saturated carbocycles. The van der Waals surface area contributed by atoms with Crippen LogP contribution in [0.3, 0.4) is 0 Å². The van der Waals surface area contributed by atoms with E-state index >= 15 is 0 Å². The zero-order valence-electron chi connectivity index (χ0n) is 8.24. The summed E-state index contributed by atoms with van der Waals surface area (Å²) in [4.78, 5) is 7.82. The maximum Gasteiger partial charge on any atom is 0.159 e. The van der Waals surface area contributed by atoms with Crippen LogP contribution in [0.2, 0.25) is 0 Å². The molecule has 1 aromatic heterocycles. The molecule has 0 atom stereocenters. The fourth-order valence-electron chi connectivity index (χ4n) is 1.39. The maximum absolute atomic E-state index is 12.6. The summed E-state index contributed by atoms with van der Waals surface area (Å²) >= 11 is 0. The molecule has 0 fully saturated rings. The normalized spacial score (nSPS) is 10.3. The maximum atomic E-state index is 12.6. The molecule has 3 nitrogen and oxygen atoms in total. The van der Waals surface area contributed by atoms with Gasteiger partial charge in [0.2, 0.25) is 0 Å². The third-order valence-corrected chi connectivity index (χ3v) is 2.11. The summed E-state index contributed by atoms with van der Waals surface area (Å²) in [7, 11) is 0. The number of nitrogens with zero attached hydrogens (tertiary/aromatic N) is 2. The van der Waals surface area contributed by atoms with Gasteiger partial charge in [0.25, 0.3) is 0 Å². The lowest BCUT2D eigenvalue weighted by atomic mass is 10.1. The van der Waals surface area contributed by atoms with Crippen molar-refractivity contribution in [3.05, 3.63) is 42.0 Å². The van der Waals surface area contributed by atoms with Gasteiger partial charge < -0.3 is 5.73 Å². The number of rotatable bonds is 1. The van der Waals surface area contributed by atoms with E-state index in [4.69, 9.17) is 5.73 Å². The second-order valence-electron chi connectivity index (χ2n) is 3.30. The summed E-state index contributed by atoms with van der Waals surface area (Å²) in [5, 5.41) is 0. The number of aromatic nitrogens is 2. The topological polar surface area (TPSA) is 51.8 Å². The van der Waals surface area contributed by atoms with Gasteiger partial charge in [-0.1, -0.05) is 0 Å². The number of hydrogen-bond donors (Lipinski definition) is 1. The highest BCUT2D eigenvalue weighted by atomic mass is 19.1. The molecule has 0 spiro atoms. The fraction of sp³-hybridized carbons (Fsp3) is 0.0909. The van der Waals surface area contributed by atoms with Gasteiger partial charge in [-0.25, -0.2) is 14.4 Å². The third-order valence-electron chi connectivity index (χ3n) is 2.11. The van der Waals surface area contributed by atoms with Crippen LogP contribution < -0.4 is 5.73 Å². The molecule has 2 N–H and O–H groups in total. The molecule has 0 radical (unpaired) electrons. The lowest BCUT2D eigenvalue weighted by molar-refractivity contribution is 0.614. The van der Waals surface area contributed by atoms with Crippen molar-refractivity contribution >= 4 is 5.69 Å². The second kappa shape index (κ2) is 3.65. The van der Waals surface area contributed by atoms with Crippen LogP contribution in [0.25, 0.3) is 11.4 Å². The summed E-state index contributed by atoms with van der Waals surface area (Å²) in [5.41, 5.74) is 8.16. The number of hydrogen-bond acceptors (Lipinski definition) is 3. The van der Waals surface area contributed by atoms with E-state index in [9.17, 15) is 4.39 Å². The summed E-state index contributed by atoms with van der Waals surface area (Å²) in [6, 6.07) is 5.44. The summed E-state index contributed by atoms with van der Waals surface area (Å²) < 4.78 is 12.6. The van der Waals surface area contributed by atoms with E-state index in [1.54, 1.807) is 6.07 Å².